The van der Waals surface area contributed by atoms with E-state index in [1.807, 2.05) is 43.1 Å². The highest BCUT2D eigenvalue weighted by atomic mass is 16.2. The highest BCUT2D eigenvalue weighted by Gasteiger charge is 2.37. The lowest BCUT2D eigenvalue weighted by Gasteiger charge is -2.38. The topological polar surface area (TPSA) is 40.6 Å². The van der Waals surface area contributed by atoms with E-state index in [2.05, 4.69) is 4.90 Å². The molecule has 1 saturated carbocycles. The Kier molecular flexibility index (Phi) is 5.22. The number of amides is 2. The van der Waals surface area contributed by atoms with E-state index in [1.165, 1.54) is 5.56 Å². The number of nitrogens with zero attached hydrogens (tertiary/aromatic N) is 2. The van der Waals surface area contributed by atoms with Crippen LogP contribution in [0.3, 0.4) is 0 Å². The molecule has 1 saturated heterocycles. The van der Waals surface area contributed by atoms with Crippen LogP contribution in [0.15, 0.2) is 24.3 Å². The van der Waals surface area contributed by atoms with Crippen LogP contribution in [0, 0.1) is 12.8 Å². The zero-order valence-electron chi connectivity index (χ0n) is 14.8. The van der Waals surface area contributed by atoms with Crippen molar-refractivity contribution in [1.29, 1.82) is 0 Å². The lowest BCUT2D eigenvalue weighted by Crippen LogP contribution is -2.50. The lowest BCUT2D eigenvalue weighted by molar-refractivity contribution is -0.139. The molecular formula is C20H28N2O2. The first-order chi connectivity index (χ1) is 11.5. The third kappa shape index (κ3) is 4.16. The molecule has 3 rings (SSSR count). The number of hydrogen-bond donors (Lipinski definition) is 0. The number of hydrogen-bond acceptors (Lipinski definition) is 2. The predicted octanol–water partition coefficient (Wildman–Crippen LogP) is 2.79. The van der Waals surface area contributed by atoms with E-state index in [9.17, 15) is 9.59 Å². The van der Waals surface area contributed by atoms with Crippen molar-refractivity contribution in [1.82, 2.24) is 9.80 Å². The highest BCUT2D eigenvalue weighted by molar-refractivity contribution is 5.82. The monoisotopic (exact) mass is 328 g/mol. The van der Waals surface area contributed by atoms with Crippen LogP contribution in [-0.2, 0) is 16.0 Å². The van der Waals surface area contributed by atoms with Crippen molar-refractivity contribution in [3.63, 3.8) is 0 Å². The third-order valence-electron chi connectivity index (χ3n) is 5.22. The van der Waals surface area contributed by atoms with Crippen molar-refractivity contribution in [2.75, 3.05) is 20.1 Å². The summed E-state index contributed by atoms with van der Waals surface area (Å²) < 4.78 is 0. The van der Waals surface area contributed by atoms with Gasteiger partial charge in [0.15, 0.2) is 0 Å². The molecule has 1 aliphatic heterocycles. The number of likely N-dealkylation sites (tertiary alicyclic amines) is 1. The maximum Gasteiger partial charge on any atom is 0.226 e. The summed E-state index contributed by atoms with van der Waals surface area (Å²) in [6.07, 6.45) is 5.78. The summed E-state index contributed by atoms with van der Waals surface area (Å²) in [4.78, 5) is 28.8. The second kappa shape index (κ2) is 7.37. The molecule has 1 heterocycles. The maximum atomic E-state index is 12.5. The predicted molar refractivity (Wildman–Crippen MR) is 94.6 cm³/mol. The van der Waals surface area contributed by atoms with Gasteiger partial charge in [-0.25, -0.2) is 0 Å². The van der Waals surface area contributed by atoms with Crippen molar-refractivity contribution in [3.8, 4) is 0 Å². The molecule has 0 unspecified atom stereocenters. The normalized spacial score (nSPS) is 20.8. The minimum atomic E-state index is 0.128. The van der Waals surface area contributed by atoms with Gasteiger partial charge < -0.3 is 9.80 Å². The van der Waals surface area contributed by atoms with Gasteiger partial charge in [-0.05, 0) is 44.6 Å². The Labute approximate surface area is 144 Å². The second-order valence-electron chi connectivity index (χ2n) is 7.39. The Morgan fingerprint density at radius 2 is 1.83 bits per heavy atom. The number of aryl methyl sites for hydroxylation is 1. The number of carbonyl (C=O) groups is 2. The molecule has 2 amide bonds. The molecule has 1 atom stereocenters. The van der Waals surface area contributed by atoms with E-state index in [-0.39, 0.29) is 17.9 Å². The number of likely N-dealkylation sites (N-methyl/N-ethyl adjacent to an activating group) is 1. The van der Waals surface area contributed by atoms with Crippen LogP contribution in [-0.4, -0.2) is 47.8 Å². The van der Waals surface area contributed by atoms with Crippen molar-refractivity contribution >= 4 is 11.8 Å². The molecule has 0 bridgehead atoms. The van der Waals surface area contributed by atoms with Gasteiger partial charge >= 0.3 is 0 Å². The van der Waals surface area contributed by atoms with E-state index >= 15 is 0 Å². The first-order valence-electron chi connectivity index (χ1n) is 9.14. The van der Waals surface area contributed by atoms with Crippen molar-refractivity contribution in [2.24, 2.45) is 5.92 Å². The zero-order valence-corrected chi connectivity index (χ0v) is 14.8. The number of benzene rings is 1. The van der Waals surface area contributed by atoms with Crippen LogP contribution in [0.25, 0.3) is 0 Å². The van der Waals surface area contributed by atoms with Gasteiger partial charge in [-0.1, -0.05) is 29.8 Å². The van der Waals surface area contributed by atoms with Crippen molar-refractivity contribution in [2.45, 2.75) is 51.5 Å². The Hall–Kier alpha value is -1.84. The first kappa shape index (κ1) is 17.0. The minimum Gasteiger partial charge on any atom is -0.343 e. The Morgan fingerprint density at radius 3 is 2.50 bits per heavy atom. The molecule has 1 aromatic rings. The maximum absolute atomic E-state index is 12.5. The quantitative estimate of drug-likeness (QED) is 0.834. The third-order valence-corrected chi connectivity index (χ3v) is 5.22. The molecule has 2 fully saturated rings. The zero-order chi connectivity index (χ0) is 17.1. The van der Waals surface area contributed by atoms with Crippen LogP contribution in [0.4, 0.5) is 0 Å². The van der Waals surface area contributed by atoms with Crippen LogP contribution in [0.2, 0.25) is 0 Å². The lowest BCUT2D eigenvalue weighted by atomic mass is 10.0. The fraction of sp³-hybridized carbons (Fsp3) is 0.600. The second-order valence-corrected chi connectivity index (χ2v) is 7.39. The molecule has 0 aromatic heterocycles. The van der Waals surface area contributed by atoms with Gasteiger partial charge in [0.1, 0.15) is 0 Å². The molecule has 130 valence electrons. The average molecular weight is 328 g/mol. The van der Waals surface area contributed by atoms with E-state index in [0.29, 0.717) is 18.9 Å². The largest absolute Gasteiger partial charge is 0.343 e. The molecular weight excluding hydrogens is 300 g/mol. The standard InChI is InChI=1S/C20H28N2O2/c1-15-6-8-16(9-7-15)13-19(23)21(2)14-18-5-3-4-12-22(18)20(24)17-10-11-17/h6-9,17-18H,3-5,10-14H2,1-2H3/t18-/m1/s1. The number of piperidine rings is 1. The summed E-state index contributed by atoms with van der Waals surface area (Å²) in [6, 6.07) is 8.31. The van der Waals surface area contributed by atoms with Gasteiger partial charge in [-0.2, -0.15) is 0 Å². The van der Waals surface area contributed by atoms with E-state index in [0.717, 1.165) is 44.2 Å². The van der Waals surface area contributed by atoms with Gasteiger partial charge in [0, 0.05) is 32.1 Å². The minimum absolute atomic E-state index is 0.128. The molecule has 0 N–H and O–H groups in total. The van der Waals surface area contributed by atoms with Gasteiger partial charge in [-0.15, -0.1) is 0 Å². The summed E-state index contributed by atoms with van der Waals surface area (Å²) in [5, 5.41) is 0. The Bertz CT molecular complexity index is 592. The molecule has 4 heteroatoms. The number of carbonyl (C=O) groups excluding carboxylic acids is 2. The van der Waals surface area contributed by atoms with E-state index in [4.69, 9.17) is 0 Å². The molecule has 0 spiro atoms. The van der Waals surface area contributed by atoms with E-state index in [1.54, 1.807) is 0 Å². The molecule has 24 heavy (non-hydrogen) atoms. The fourth-order valence-corrected chi connectivity index (χ4v) is 3.48. The van der Waals surface area contributed by atoms with Gasteiger partial charge in [0.05, 0.1) is 6.42 Å². The summed E-state index contributed by atoms with van der Waals surface area (Å²) in [7, 11) is 1.87. The number of rotatable bonds is 5. The van der Waals surface area contributed by atoms with E-state index < -0.39 is 0 Å². The van der Waals surface area contributed by atoms with Crippen LogP contribution >= 0.6 is 0 Å². The summed E-state index contributed by atoms with van der Waals surface area (Å²) in [5.41, 5.74) is 2.25. The van der Waals surface area contributed by atoms with Crippen molar-refractivity contribution < 1.29 is 9.59 Å². The van der Waals surface area contributed by atoms with Crippen LogP contribution in [0.5, 0.6) is 0 Å². The average Bonchev–Trinajstić information content (AvgIpc) is 3.42. The van der Waals surface area contributed by atoms with Gasteiger partial charge in [0.25, 0.3) is 0 Å². The SMILES string of the molecule is Cc1ccc(CC(=O)N(C)C[C@H]2CCCCN2C(=O)C2CC2)cc1. The molecule has 0 radical (unpaired) electrons. The smallest absolute Gasteiger partial charge is 0.226 e. The summed E-state index contributed by atoms with van der Waals surface area (Å²) >= 11 is 0. The molecule has 1 aliphatic carbocycles. The summed E-state index contributed by atoms with van der Waals surface area (Å²) in [5.74, 6) is 0.710. The fourth-order valence-electron chi connectivity index (χ4n) is 3.48. The van der Waals surface area contributed by atoms with Crippen molar-refractivity contribution in [3.05, 3.63) is 35.4 Å². The van der Waals surface area contributed by atoms with Gasteiger partial charge in [0.2, 0.25) is 11.8 Å². The molecule has 2 aliphatic rings. The summed E-state index contributed by atoms with van der Waals surface area (Å²) in [6.45, 7) is 3.56. The van der Waals surface area contributed by atoms with Gasteiger partial charge in [-0.3, -0.25) is 9.59 Å². The molecule has 4 nitrogen and oxygen atoms in total. The molecule has 1 aromatic carbocycles. The Morgan fingerprint density at radius 1 is 1.12 bits per heavy atom. The van der Waals surface area contributed by atoms with Crippen LogP contribution < -0.4 is 0 Å². The highest BCUT2D eigenvalue weighted by Crippen LogP contribution is 2.33. The Balaban J connectivity index is 1.57. The van der Waals surface area contributed by atoms with Crippen LogP contribution in [0.1, 0.15) is 43.2 Å². The first-order valence-corrected chi connectivity index (χ1v) is 9.14.